The van der Waals surface area contributed by atoms with Gasteiger partial charge in [-0.2, -0.15) is 0 Å². The maximum atomic E-state index is 12.4. The number of hydrogen-bond donors (Lipinski definition) is 2. The Bertz CT molecular complexity index is 717. The zero-order chi connectivity index (χ0) is 15.6. The van der Waals surface area contributed by atoms with Crippen molar-refractivity contribution in [2.24, 2.45) is 5.41 Å². The average Bonchev–Trinajstić information content (AvgIpc) is 3.03. The maximum Gasteiger partial charge on any atom is 0.319 e. The minimum Gasteiger partial charge on any atom is -0.480 e. The first-order valence-corrected chi connectivity index (χ1v) is 7.61. The van der Waals surface area contributed by atoms with E-state index in [1.807, 2.05) is 42.5 Å². The van der Waals surface area contributed by atoms with Crippen molar-refractivity contribution >= 4 is 22.6 Å². The van der Waals surface area contributed by atoms with Crippen LogP contribution in [0.4, 0.5) is 0 Å². The molecule has 1 saturated carbocycles. The molecule has 1 amide bonds. The standard InChI is InChI=1S/C18H19NO3/c20-16(18(17(21)22)9-3-4-10-18)19-12-13-7-8-14-5-1-2-6-15(14)11-13/h1-2,5-8,11H,3-4,9-10,12H2,(H,19,20)(H,21,22). The van der Waals surface area contributed by atoms with Gasteiger partial charge in [0.05, 0.1) is 0 Å². The van der Waals surface area contributed by atoms with E-state index in [0.717, 1.165) is 29.2 Å². The Balaban J connectivity index is 1.73. The van der Waals surface area contributed by atoms with E-state index in [-0.39, 0.29) is 5.91 Å². The first-order chi connectivity index (χ1) is 10.6. The smallest absolute Gasteiger partial charge is 0.319 e. The molecule has 2 N–H and O–H groups in total. The normalized spacial score (nSPS) is 16.5. The van der Waals surface area contributed by atoms with Gasteiger partial charge in [0.1, 0.15) is 5.41 Å². The molecule has 0 atom stereocenters. The van der Waals surface area contributed by atoms with Crippen LogP contribution in [0.25, 0.3) is 10.8 Å². The summed E-state index contributed by atoms with van der Waals surface area (Å²) in [5.74, 6) is -1.35. The molecule has 0 heterocycles. The van der Waals surface area contributed by atoms with Crippen LogP contribution in [-0.4, -0.2) is 17.0 Å². The highest BCUT2D eigenvalue weighted by Crippen LogP contribution is 2.38. The highest BCUT2D eigenvalue weighted by Gasteiger charge is 2.47. The fraction of sp³-hybridized carbons (Fsp3) is 0.333. The van der Waals surface area contributed by atoms with Crippen LogP contribution in [0, 0.1) is 5.41 Å². The third kappa shape index (κ3) is 2.56. The fourth-order valence-electron chi connectivity index (χ4n) is 3.22. The maximum absolute atomic E-state index is 12.4. The molecule has 0 radical (unpaired) electrons. The van der Waals surface area contributed by atoms with Gasteiger partial charge in [-0.3, -0.25) is 9.59 Å². The lowest BCUT2D eigenvalue weighted by Gasteiger charge is -2.22. The van der Waals surface area contributed by atoms with E-state index in [2.05, 4.69) is 5.32 Å². The third-order valence-electron chi connectivity index (χ3n) is 4.57. The monoisotopic (exact) mass is 297 g/mol. The van der Waals surface area contributed by atoms with Crippen molar-refractivity contribution in [2.75, 3.05) is 0 Å². The van der Waals surface area contributed by atoms with Crippen molar-refractivity contribution in [1.29, 1.82) is 0 Å². The van der Waals surface area contributed by atoms with E-state index in [1.165, 1.54) is 0 Å². The summed E-state index contributed by atoms with van der Waals surface area (Å²) in [6, 6.07) is 14.0. The number of carboxylic acid groups (broad SMARTS) is 1. The predicted molar refractivity (Wildman–Crippen MR) is 84.3 cm³/mol. The van der Waals surface area contributed by atoms with Crippen molar-refractivity contribution in [2.45, 2.75) is 32.2 Å². The lowest BCUT2D eigenvalue weighted by atomic mass is 9.85. The van der Waals surface area contributed by atoms with Gasteiger partial charge in [-0.15, -0.1) is 0 Å². The van der Waals surface area contributed by atoms with Gasteiger partial charge >= 0.3 is 5.97 Å². The molecule has 4 heteroatoms. The van der Waals surface area contributed by atoms with Crippen molar-refractivity contribution in [1.82, 2.24) is 5.32 Å². The van der Waals surface area contributed by atoms with Gasteiger partial charge in [0.15, 0.2) is 0 Å². The summed E-state index contributed by atoms with van der Waals surface area (Å²) in [4.78, 5) is 23.8. The molecule has 1 fully saturated rings. The van der Waals surface area contributed by atoms with Gasteiger partial charge in [-0.1, -0.05) is 49.2 Å². The van der Waals surface area contributed by atoms with Crippen LogP contribution in [0.1, 0.15) is 31.2 Å². The van der Waals surface area contributed by atoms with E-state index in [0.29, 0.717) is 19.4 Å². The molecule has 2 aromatic rings. The summed E-state index contributed by atoms with van der Waals surface area (Å²) in [5, 5.41) is 14.5. The summed E-state index contributed by atoms with van der Waals surface area (Å²) in [7, 11) is 0. The Morgan fingerprint density at radius 1 is 1.05 bits per heavy atom. The van der Waals surface area contributed by atoms with Crippen molar-refractivity contribution in [3.8, 4) is 0 Å². The number of hydrogen-bond acceptors (Lipinski definition) is 2. The highest BCUT2D eigenvalue weighted by molar-refractivity contribution is 6.02. The molecule has 0 saturated heterocycles. The third-order valence-corrected chi connectivity index (χ3v) is 4.57. The number of carboxylic acids is 1. The molecule has 0 aromatic heterocycles. The second-order valence-electron chi connectivity index (χ2n) is 5.96. The molecule has 0 spiro atoms. The van der Waals surface area contributed by atoms with E-state index < -0.39 is 11.4 Å². The van der Waals surface area contributed by atoms with Gasteiger partial charge < -0.3 is 10.4 Å². The molecular weight excluding hydrogens is 278 g/mol. The SMILES string of the molecule is O=C(O)C1(C(=O)NCc2ccc3ccccc3c2)CCCC1. The van der Waals surface area contributed by atoms with Crippen LogP contribution < -0.4 is 5.32 Å². The molecule has 22 heavy (non-hydrogen) atoms. The Labute approximate surface area is 129 Å². The number of benzene rings is 2. The first-order valence-electron chi connectivity index (χ1n) is 7.61. The van der Waals surface area contributed by atoms with Crippen molar-refractivity contribution in [3.05, 3.63) is 48.0 Å². The fourth-order valence-corrected chi connectivity index (χ4v) is 3.22. The Kier molecular flexibility index (Phi) is 3.84. The summed E-state index contributed by atoms with van der Waals surface area (Å²) in [5.41, 5.74) is -0.248. The van der Waals surface area contributed by atoms with Gasteiger partial charge in [0, 0.05) is 6.54 Å². The summed E-state index contributed by atoms with van der Waals surface area (Å²) < 4.78 is 0. The number of nitrogens with one attached hydrogen (secondary N) is 1. The Hall–Kier alpha value is -2.36. The zero-order valence-corrected chi connectivity index (χ0v) is 12.3. The van der Waals surface area contributed by atoms with E-state index in [4.69, 9.17) is 0 Å². The van der Waals surface area contributed by atoms with E-state index >= 15 is 0 Å². The molecule has 3 rings (SSSR count). The van der Waals surface area contributed by atoms with Crippen LogP contribution in [0.2, 0.25) is 0 Å². The Morgan fingerprint density at radius 3 is 2.41 bits per heavy atom. The quantitative estimate of drug-likeness (QED) is 0.852. The van der Waals surface area contributed by atoms with Gasteiger partial charge in [0.2, 0.25) is 5.91 Å². The minimum atomic E-state index is -1.23. The van der Waals surface area contributed by atoms with Crippen LogP contribution in [0.5, 0.6) is 0 Å². The molecular formula is C18H19NO3. The molecule has 1 aliphatic carbocycles. The largest absolute Gasteiger partial charge is 0.480 e. The summed E-state index contributed by atoms with van der Waals surface area (Å²) >= 11 is 0. The lowest BCUT2D eigenvalue weighted by Crippen LogP contribution is -2.44. The van der Waals surface area contributed by atoms with E-state index in [1.54, 1.807) is 0 Å². The van der Waals surface area contributed by atoms with Crippen molar-refractivity contribution in [3.63, 3.8) is 0 Å². The number of rotatable bonds is 4. The highest BCUT2D eigenvalue weighted by atomic mass is 16.4. The van der Waals surface area contributed by atoms with E-state index in [9.17, 15) is 14.7 Å². The van der Waals surface area contributed by atoms with Crippen LogP contribution in [0.3, 0.4) is 0 Å². The average molecular weight is 297 g/mol. The molecule has 0 aliphatic heterocycles. The molecule has 114 valence electrons. The predicted octanol–water partition coefficient (Wildman–Crippen LogP) is 3.10. The van der Waals surface area contributed by atoms with Gasteiger partial charge in [-0.05, 0) is 35.2 Å². The number of fused-ring (bicyclic) bond motifs is 1. The van der Waals surface area contributed by atoms with Gasteiger partial charge in [0.25, 0.3) is 0 Å². The molecule has 1 aliphatic rings. The molecule has 0 unspecified atom stereocenters. The number of amides is 1. The number of aliphatic carboxylic acids is 1. The minimum absolute atomic E-state index is 0.356. The van der Waals surface area contributed by atoms with Crippen LogP contribution in [0.15, 0.2) is 42.5 Å². The van der Waals surface area contributed by atoms with Crippen LogP contribution >= 0.6 is 0 Å². The number of carbonyl (C=O) groups excluding carboxylic acids is 1. The molecule has 2 aromatic carbocycles. The second-order valence-corrected chi connectivity index (χ2v) is 5.96. The van der Waals surface area contributed by atoms with Gasteiger partial charge in [-0.25, -0.2) is 0 Å². The van der Waals surface area contributed by atoms with Crippen LogP contribution in [-0.2, 0) is 16.1 Å². The number of carbonyl (C=O) groups is 2. The molecule has 4 nitrogen and oxygen atoms in total. The van der Waals surface area contributed by atoms with Crippen molar-refractivity contribution < 1.29 is 14.7 Å². The summed E-state index contributed by atoms with van der Waals surface area (Å²) in [6.07, 6.45) is 2.48. The second kappa shape index (κ2) is 5.79. The zero-order valence-electron chi connectivity index (χ0n) is 12.3. The Morgan fingerprint density at radius 2 is 1.73 bits per heavy atom. The first kappa shape index (κ1) is 14.6. The topological polar surface area (TPSA) is 66.4 Å². The molecule has 0 bridgehead atoms. The lowest BCUT2D eigenvalue weighted by molar-refractivity contribution is -0.155. The summed E-state index contributed by atoms with van der Waals surface area (Å²) in [6.45, 7) is 0.360.